The summed E-state index contributed by atoms with van der Waals surface area (Å²) in [5.74, 6) is -0.650. The lowest BCUT2D eigenvalue weighted by atomic mass is 9.75. The molecule has 1 fully saturated rings. The Labute approximate surface area is 199 Å². The average Bonchev–Trinajstić information content (AvgIpc) is 2.77. The lowest BCUT2D eigenvalue weighted by molar-refractivity contribution is -0.119. The summed E-state index contributed by atoms with van der Waals surface area (Å²) in [5, 5.41) is 3.08. The van der Waals surface area contributed by atoms with Gasteiger partial charge in [-0.15, -0.1) is 0 Å². The van der Waals surface area contributed by atoms with Crippen LogP contribution in [0.5, 0.6) is 0 Å². The Morgan fingerprint density at radius 1 is 1.03 bits per heavy atom. The van der Waals surface area contributed by atoms with E-state index >= 15 is 0 Å². The van der Waals surface area contributed by atoms with Crippen molar-refractivity contribution in [3.8, 4) is 0 Å². The molecule has 1 aliphatic rings. The van der Waals surface area contributed by atoms with E-state index in [2.05, 4.69) is 26.1 Å². The summed E-state index contributed by atoms with van der Waals surface area (Å²) in [6.45, 7) is 5.95. The van der Waals surface area contributed by atoms with E-state index in [-0.39, 0.29) is 17.2 Å². The zero-order valence-electron chi connectivity index (χ0n) is 19.2. The molecule has 0 radical (unpaired) electrons. The largest absolute Gasteiger partial charge is 0.458 e. The van der Waals surface area contributed by atoms with Crippen LogP contribution in [0.1, 0.15) is 60.7 Å². The molecule has 7 heteroatoms. The van der Waals surface area contributed by atoms with Gasteiger partial charge in [0.05, 0.1) is 11.1 Å². The number of esters is 2. The quantitative estimate of drug-likeness (QED) is 0.519. The van der Waals surface area contributed by atoms with Crippen molar-refractivity contribution in [2.75, 3.05) is 11.9 Å². The fraction of sp³-hybridized carbons (Fsp3) is 0.423. The minimum atomic E-state index is -0.763. The number of hydrogen-bond donors (Lipinski definition) is 1. The van der Waals surface area contributed by atoms with Gasteiger partial charge < -0.3 is 14.8 Å². The van der Waals surface area contributed by atoms with Gasteiger partial charge in [0.25, 0.3) is 5.91 Å². The maximum absolute atomic E-state index is 13.0. The second kappa shape index (κ2) is 11.3. The van der Waals surface area contributed by atoms with E-state index in [4.69, 9.17) is 21.1 Å². The summed E-state index contributed by atoms with van der Waals surface area (Å²) in [7, 11) is 0. The zero-order chi connectivity index (χ0) is 24.0. The Hall–Kier alpha value is -2.86. The number of rotatable bonds is 7. The summed E-state index contributed by atoms with van der Waals surface area (Å²) in [5.41, 5.74) is 0.704. The van der Waals surface area contributed by atoms with Gasteiger partial charge >= 0.3 is 11.9 Å². The molecule has 176 valence electrons. The first-order chi connectivity index (χ1) is 15.7. The predicted molar refractivity (Wildman–Crippen MR) is 127 cm³/mol. The van der Waals surface area contributed by atoms with Gasteiger partial charge in [0.15, 0.2) is 6.61 Å². The molecule has 2 aromatic rings. The maximum atomic E-state index is 13.0. The standard InChI is InChI=1S/C26H30ClNO5/c1-16(2)20-12-11-17(3)13-23(20)33-26(31)22-10-5-4-9-21(22)25(30)32-15-24(29)28-19-8-6-7-18(27)14-19/h4-10,14,16-17,20,23H,11-13,15H2,1-3H3,(H,28,29)/t17-,20+,23+/m1/s1. The van der Waals surface area contributed by atoms with Crippen LogP contribution in [0.25, 0.3) is 0 Å². The minimum Gasteiger partial charge on any atom is -0.458 e. The second-order valence-electron chi connectivity index (χ2n) is 8.95. The molecule has 1 aliphatic carbocycles. The fourth-order valence-electron chi connectivity index (χ4n) is 4.26. The van der Waals surface area contributed by atoms with Gasteiger partial charge in [-0.3, -0.25) is 4.79 Å². The number of halogens is 1. The first-order valence-corrected chi connectivity index (χ1v) is 11.6. The lowest BCUT2D eigenvalue weighted by Gasteiger charge is -2.36. The molecule has 0 saturated heterocycles. The maximum Gasteiger partial charge on any atom is 0.339 e. The molecule has 2 aromatic carbocycles. The van der Waals surface area contributed by atoms with Crippen molar-refractivity contribution < 1.29 is 23.9 Å². The van der Waals surface area contributed by atoms with E-state index in [1.54, 1.807) is 42.5 Å². The molecule has 3 rings (SSSR count). The number of amides is 1. The van der Waals surface area contributed by atoms with E-state index in [1.807, 2.05) is 0 Å². The number of benzene rings is 2. The molecular weight excluding hydrogens is 442 g/mol. The highest BCUT2D eigenvalue weighted by Crippen LogP contribution is 2.35. The Balaban J connectivity index is 1.64. The molecule has 6 nitrogen and oxygen atoms in total. The topological polar surface area (TPSA) is 81.7 Å². The molecule has 0 bridgehead atoms. The van der Waals surface area contributed by atoms with Gasteiger partial charge in [-0.1, -0.05) is 57.0 Å². The highest BCUT2D eigenvalue weighted by molar-refractivity contribution is 6.30. The van der Waals surface area contributed by atoms with Crippen LogP contribution in [0, 0.1) is 17.8 Å². The van der Waals surface area contributed by atoms with Crippen LogP contribution >= 0.6 is 11.6 Å². The Morgan fingerprint density at radius 2 is 1.73 bits per heavy atom. The Morgan fingerprint density at radius 3 is 2.39 bits per heavy atom. The molecule has 3 atom stereocenters. The molecule has 0 unspecified atom stereocenters. The van der Waals surface area contributed by atoms with Crippen LogP contribution in [-0.4, -0.2) is 30.6 Å². The number of anilines is 1. The third kappa shape index (κ3) is 6.81. The summed E-state index contributed by atoms with van der Waals surface area (Å²) in [4.78, 5) is 37.8. The van der Waals surface area contributed by atoms with E-state index in [0.29, 0.717) is 28.5 Å². The number of carbonyl (C=O) groups is 3. The molecule has 0 spiro atoms. The monoisotopic (exact) mass is 471 g/mol. The Kier molecular flexibility index (Phi) is 8.50. The van der Waals surface area contributed by atoms with Crippen LogP contribution in [0.15, 0.2) is 48.5 Å². The highest BCUT2D eigenvalue weighted by Gasteiger charge is 2.34. The zero-order valence-corrected chi connectivity index (χ0v) is 19.9. The molecule has 0 heterocycles. The van der Waals surface area contributed by atoms with Gasteiger partial charge in [-0.2, -0.15) is 0 Å². The van der Waals surface area contributed by atoms with Crippen molar-refractivity contribution in [2.45, 2.75) is 46.1 Å². The molecule has 0 aliphatic heterocycles. The van der Waals surface area contributed by atoms with Gasteiger partial charge in [0.2, 0.25) is 0 Å². The first kappa shape index (κ1) is 24.8. The van der Waals surface area contributed by atoms with Crippen molar-refractivity contribution >= 4 is 35.1 Å². The molecular formula is C26H30ClNO5. The van der Waals surface area contributed by atoms with Crippen LogP contribution < -0.4 is 5.32 Å². The molecule has 1 saturated carbocycles. The SMILES string of the molecule is CC(C)[C@@H]1CC[C@@H](C)C[C@@H]1OC(=O)c1ccccc1C(=O)OCC(=O)Nc1cccc(Cl)c1. The number of nitrogens with one attached hydrogen (secondary N) is 1. The van der Waals surface area contributed by atoms with Gasteiger partial charge in [-0.25, -0.2) is 9.59 Å². The highest BCUT2D eigenvalue weighted by atomic mass is 35.5. The normalized spacial score (nSPS) is 20.2. The summed E-state index contributed by atoms with van der Waals surface area (Å²) >= 11 is 5.91. The van der Waals surface area contributed by atoms with Crippen molar-refractivity contribution in [1.82, 2.24) is 0 Å². The van der Waals surface area contributed by atoms with E-state index in [0.717, 1.165) is 19.3 Å². The number of carbonyl (C=O) groups excluding carboxylic acids is 3. The fourth-order valence-corrected chi connectivity index (χ4v) is 4.45. The minimum absolute atomic E-state index is 0.0722. The van der Waals surface area contributed by atoms with E-state index in [1.165, 1.54) is 6.07 Å². The van der Waals surface area contributed by atoms with Gasteiger partial charge in [0, 0.05) is 10.7 Å². The van der Waals surface area contributed by atoms with Gasteiger partial charge in [-0.05, 0) is 60.9 Å². The van der Waals surface area contributed by atoms with E-state index in [9.17, 15) is 14.4 Å². The summed E-state index contributed by atoms with van der Waals surface area (Å²) in [6.07, 6.45) is 2.76. The molecule has 0 aromatic heterocycles. The first-order valence-electron chi connectivity index (χ1n) is 11.3. The predicted octanol–water partition coefficient (Wildman–Crippen LogP) is 5.75. The van der Waals surface area contributed by atoms with Crippen LogP contribution in [0.2, 0.25) is 5.02 Å². The van der Waals surface area contributed by atoms with Crippen molar-refractivity contribution in [2.24, 2.45) is 17.8 Å². The Bertz CT molecular complexity index is 1010. The number of hydrogen-bond acceptors (Lipinski definition) is 5. The van der Waals surface area contributed by atoms with Crippen LogP contribution in [-0.2, 0) is 14.3 Å². The molecule has 1 N–H and O–H groups in total. The van der Waals surface area contributed by atoms with Crippen molar-refractivity contribution in [3.63, 3.8) is 0 Å². The summed E-state index contributed by atoms with van der Waals surface area (Å²) < 4.78 is 11.0. The smallest absolute Gasteiger partial charge is 0.339 e. The van der Waals surface area contributed by atoms with Crippen LogP contribution in [0.4, 0.5) is 5.69 Å². The van der Waals surface area contributed by atoms with Gasteiger partial charge in [0.1, 0.15) is 6.10 Å². The van der Waals surface area contributed by atoms with Crippen LogP contribution in [0.3, 0.4) is 0 Å². The molecule has 1 amide bonds. The third-order valence-corrected chi connectivity index (χ3v) is 6.26. The van der Waals surface area contributed by atoms with Crippen molar-refractivity contribution in [3.05, 3.63) is 64.7 Å². The van der Waals surface area contributed by atoms with E-state index < -0.39 is 24.5 Å². The second-order valence-corrected chi connectivity index (χ2v) is 9.39. The lowest BCUT2D eigenvalue weighted by Crippen LogP contribution is -2.36. The molecule has 33 heavy (non-hydrogen) atoms. The number of ether oxygens (including phenoxy) is 2. The average molecular weight is 472 g/mol. The van der Waals surface area contributed by atoms with Crippen molar-refractivity contribution in [1.29, 1.82) is 0 Å². The third-order valence-electron chi connectivity index (χ3n) is 6.03. The summed E-state index contributed by atoms with van der Waals surface area (Å²) in [6, 6.07) is 13.0.